The highest BCUT2D eigenvalue weighted by atomic mass is 35.5. The van der Waals surface area contributed by atoms with Crippen molar-refractivity contribution in [1.29, 1.82) is 0 Å². The SMILES string of the molecule is O=C(C[n+]1cc(-c2ccc(Cl)cc2Cl)n2c1CCC2)c1ccc(Cl)cc1Cl. The fraction of sp³-hybridized carbons (Fsp3) is 0.200. The number of ketones is 1. The van der Waals surface area contributed by atoms with Crippen LogP contribution in [-0.4, -0.2) is 10.4 Å². The van der Waals surface area contributed by atoms with Gasteiger partial charge in [-0.05, 0) is 42.8 Å². The first-order valence-corrected chi connectivity index (χ1v) is 10.0. The minimum Gasteiger partial charge on any atom is -0.290 e. The molecule has 0 saturated carbocycles. The van der Waals surface area contributed by atoms with Crippen molar-refractivity contribution in [2.75, 3.05) is 0 Å². The van der Waals surface area contributed by atoms with E-state index in [-0.39, 0.29) is 12.3 Å². The Labute approximate surface area is 177 Å². The molecular weight excluding hydrogens is 426 g/mol. The van der Waals surface area contributed by atoms with Crippen LogP contribution in [0, 0.1) is 0 Å². The molecule has 0 N–H and O–H groups in total. The lowest BCUT2D eigenvalue weighted by atomic mass is 10.1. The highest BCUT2D eigenvalue weighted by Crippen LogP contribution is 2.32. The summed E-state index contributed by atoms with van der Waals surface area (Å²) in [6.07, 6.45) is 3.92. The summed E-state index contributed by atoms with van der Waals surface area (Å²) >= 11 is 24.6. The van der Waals surface area contributed by atoms with Gasteiger partial charge in [-0.25, -0.2) is 9.13 Å². The molecule has 27 heavy (non-hydrogen) atoms. The average Bonchev–Trinajstić information content (AvgIpc) is 3.19. The Morgan fingerprint density at radius 1 is 1.00 bits per heavy atom. The van der Waals surface area contributed by atoms with Crippen LogP contribution in [0.4, 0.5) is 0 Å². The first kappa shape index (κ1) is 18.8. The molecule has 0 fully saturated rings. The van der Waals surface area contributed by atoms with Crippen LogP contribution in [0.3, 0.4) is 0 Å². The van der Waals surface area contributed by atoms with Gasteiger partial charge in [-0.15, -0.1) is 0 Å². The Hall–Kier alpha value is -1.52. The van der Waals surface area contributed by atoms with E-state index < -0.39 is 0 Å². The van der Waals surface area contributed by atoms with Gasteiger partial charge >= 0.3 is 0 Å². The standard InChI is InChI=1S/C20H15Cl4N2O/c21-12-3-5-14(16(23)8-12)18-10-25(20-2-1-7-26(18)20)11-19(27)15-6-4-13(22)9-17(15)24/h3-6,8-10H,1-2,7,11H2/q+1. The van der Waals surface area contributed by atoms with Crippen molar-refractivity contribution in [3.05, 3.63) is 74.1 Å². The highest BCUT2D eigenvalue weighted by Gasteiger charge is 2.30. The quantitative estimate of drug-likeness (QED) is 0.367. The molecule has 138 valence electrons. The maximum atomic E-state index is 12.8. The van der Waals surface area contributed by atoms with Gasteiger partial charge in [-0.1, -0.05) is 46.4 Å². The van der Waals surface area contributed by atoms with Crippen molar-refractivity contribution in [2.45, 2.75) is 25.9 Å². The third-order valence-corrected chi connectivity index (χ3v) is 5.84. The number of hydrogen-bond donors (Lipinski definition) is 0. The second-order valence-corrected chi connectivity index (χ2v) is 8.17. The number of Topliss-reactive ketones (excluding diaryl/α,β-unsaturated/α-hetero) is 1. The molecule has 4 rings (SSSR count). The molecule has 2 aromatic carbocycles. The molecule has 0 aliphatic carbocycles. The van der Waals surface area contributed by atoms with Crippen molar-refractivity contribution in [2.24, 2.45) is 0 Å². The Morgan fingerprint density at radius 2 is 1.70 bits per heavy atom. The summed E-state index contributed by atoms with van der Waals surface area (Å²) in [4.78, 5) is 12.8. The number of hydrogen-bond acceptors (Lipinski definition) is 1. The maximum absolute atomic E-state index is 12.8. The molecule has 0 amide bonds. The number of benzene rings is 2. The summed E-state index contributed by atoms with van der Waals surface area (Å²) in [6.45, 7) is 1.11. The molecule has 0 spiro atoms. The molecule has 0 atom stereocenters. The van der Waals surface area contributed by atoms with Gasteiger partial charge in [0.1, 0.15) is 6.20 Å². The number of nitrogens with zero attached hydrogens (tertiary/aromatic N) is 2. The van der Waals surface area contributed by atoms with Gasteiger partial charge in [0.15, 0.2) is 12.2 Å². The zero-order chi connectivity index (χ0) is 19.1. The van der Waals surface area contributed by atoms with Gasteiger partial charge in [0, 0.05) is 21.2 Å². The van der Waals surface area contributed by atoms with E-state index in [0.29, 0.717) is 25.7 Å². The minimum atomic E-state index is -0.0595. The van der Waals surface area contributed by atoms with Gasteiger partial charge in [-0.3, -0.25) is 4.79 Å². The van der Waals surface area contributed by atoms with Crippen LogP contribution < -0.4 is 4.57 Å². The smallest absolute Gasteiger partial charge is 0.257 e. The number of halogens is 4. The number of carbonyl (C=O) groups excluding carboxylic acids is 1. The van der Waals surface area contributed by atoms with E-state index in [9.17, 15) is 4.79 Å². The van der Waals surface area contributed by atoms with Gasteiger partial charge in [0.2, 0.25) is 5.78 Å². The van der Waals surface area contributed by atoms with Crippen LogP contribution in [0.1, 0.15) is 22.6 Å². The second-order valence-electron chi connectivity index (χ2n) is 6.49. The van der Waals surface area contributed by atoms with Crippen molar-refractivity contribution >= 4 is 52.2 Å². The Morgan fingerprint density at radius 3 is 2.41 bits per heavy atom. The summed E-state index contributed by atoms with van der Waals surface area (Å²) in [5.41, 5.74) is 2.36. The van der Waals surface area contributed by atoms with Gasteiger partial charge in [-0.2, -0.15) is 0 Å². The number of carbonyl (C=O) groups is 1. The van der Waals surface area contributed by atoms with E-state index in [0.717, 1.165) is 36.5 Å². The zero-order valence-corrected chi connectivity index (χ0v) is 17.2. The Kier molecular flexibility index (Phi) is 5.21. The number of rotatable bonds is 4. The van der Waals surface area contributed by atoms with Crippen molar-refractivity contribution in [3.63, 3.8) is 0 Å². The van der Waals surface area contributed by atoms with Crippen LogP contribution >= 0.6 is 46.4 Å². The van der Waals surface area contributed by atoms with Crippen molar-refractivity contribution < 1.29 is 9.36 Å². The first-order chi connectivity index (χ1) is 12.9. The van der Waals surface area contributed by atoms with Crippen LogP contribution in [0.15, 0.2) is 42.6 Å². The first-order valence-electron chi connectivity index (χ1n) is 8.49. The van der Waals surface area contributed by atoms with Crippen LogP contribution in [0.2, 0.25) is 20.1 Å². The lowest BCUT2D eigenvalue weighted by molar-refractivity contribution is -0.689. The molecule has 3 nitrogen and oxygen atoms in total. The van der Waals surface area contributed by atoms with Crippen LogP contribution in [0.25, 0.3) is 11.3 Å². The van der Waals surface area contributed by atoms with Crippen LogP contribution in [0.5, 0.6) is 0 Å². The zero-order valence-electron chi connectivity index (χ0n) is 14.2. The summed E-state index contributed by atoms with van der Waals surface area (Å²) in [6, 6.07) is 10.4. The molecule has 7 heteroatoms. The average molecular weight is 441 g/mol. The Bertz CT molecular complexity index is 1060. The number of fused-ring (bicyclic) bond motifs is 1. The van der Waals surface area contributed by atoms with Gasteiger partial charge in [0.25, 0.3) is 5.82 Å². The summed E-state index contributed by atoms with van der Waals surface area (Å²) in [5, 5.41) is 2.06. The molecule has 0 bridgehead atoms. The fourth-order valence-electron chi connectivity index (χ4n) is 3.51. The Balaban J connectivity index is 1.71. The molecule has 0 radical (unpaired) electrons. The molecule has 1 aliphatic rings. The van der Waals surface area contributed by atoms with E-state index in [1.54, 1.807) is 24.3 Å². The van der Waals surface area contributed by atoms with Crippen molar-refractivity contribution in [1.82, 2.24) is 4.57 Å². The number of imidazole rings is 1. The molecular formula is C20H15Cl4N2O+. The van der Waals surface area contributed by atoms with Gasteiger partial charge < -0.3 is 0 Å². The van der Waals surface area contributed by atoms with Crippen LogP contribution in [-0.2, 0) is 19.5 Å². The van der Waals surface area contributed by atoms with Crippen molar-refractivity contribution in [3.8, 4) is 11.3 Å². The lowest BCUT2D eigenvalue weighted by Crippen LogP contribution is -2.40. The summed E-state index contributed by atoms with van der Waals surface area (Å²) < 4.78 is 4.20. The third-order valence-electron chi connectivity index (χ3n) is 4.75. The molecule has 0 unspecified atom stereocenters. The largest absolute Gasteiger partial charge is 0.290 e. The predicted molar refractivity (Wildman–Crippen MR) is 109 cm³/mol. The molecule has 1 aliphatic heterocycles. The normalized spacial score (nSPS) is 13.0. The topological polar surface area (TPSA) is 25.9 Å². The molecule has 3 aromatic rings. The molecule has 0 saturated heterocycles. The van der Waals surface area contributed by atoms with E-state index in [2.05, 4.69) is 4.57 Å². The monoisotopic (exact) mass is 439 g/mol. The van der Waals surface area contributed by atoms with Gasteiger partial charge in [0.05, 0.1) is 23.0 Å². The molecule has 2 heterocycles. The summed E-state index contributed by atoms with van der Waals surface area (Å²) in [5.74, 6) is 1.05. The van der Waals surface area contributed by atoms with E-state index in [4.69, 9.17) is 46.4 Å². The third kappa shape index (κ3) is 3.62. The van der Waals surface area contributed by atoms with E-state index in [1.165, 1.54) is 0 Å². The maximum Gasteiger partial charge on any atom is 0.257 e. The number of aromatic nitrogens is 2. The van der Waals surface area contributed by atoms with E-state index >= 15 is 0 Å². The minimum absolute atomic E-state index is 0.0595. The van der Waals surface area contributed by atoms with E-state index in [1.807, 2.05) is 22.9 Å². The highest BCUT2D eigenvalue weighted by molar-refractivity contribution is 6.37. The lowest BCUT2D eigenvalue weighted by Gasteiger charge is -2.03. The fourth-order valence-corrected chi connectivity index (χ4v) is 4.53. The molecule has 1 aromatic heterocycles. The second kappa shape index (κ2) is 7.48. The predicted octanol–water partition coefficient (Wildman–Crippen LogP) is 5.89. The summed E-state index contributed by atoms with van der Waals surface area (Å²) in [7, 11) is 0.